The molecule has 1 aliphatic rings. The summed E-state index contributed by atoms with van der Waals surface area (Å²) in [7, 11) is 0. The van der Waals surface area contributed by atoms with Crippen LogP contribution in [0.15, 0.2) is 30.6 Å². The topological polar surface area (TPSA) is 58.6 Å². The molecule has 3 rings (SSSR count). The van der Waals surface area contributed by atoms with Gasteiger partial charge in [-0.15, -0.1) is 0 Å². The van der Waals surface area contributed by atoms with Gasteiger partial charge in [-0.3, -0.25) is 4.79 Å². The molecule has 2 aromatic rings. The van der Waals surface area contributed by atoms with Crippen molar-refractivity contribution in [3.63, 3.8) is 0 Å². The second-order valence-corrected chi connectivity index (χ2v) is 9.25. The first-order valence-electron chi connectivity index (χ1n) is 9.93. The number of aromatic nitrogens is 2. The van der Waals surface area contributed by atoms with Gasteiger partial charge in [0.1, 0.15) is 17.9 Å². The van der Waals surface area contributed by atoms with E-state index < -0.39 is 0 Å². The first kappa shape index (κ1) is 21.4. The molecule has 1 saturated heterocycles. The summed E-state index contributed by atoms with van der Waals surface area (Å²) < 4.78 is 5.89. The summed E-state index contributed by atoms with van der Waals surface area (Å²) in [6.07, 6.45) is 2.07. The minimum atomic E-state index is -0.00709. The number of piperazine rings is 1. The lowest BCUT2D eigenvalue weighted by molar-refractivity contribution is -0.135. The fourth-order valence-electron chi connectivity index (χ4n) is 3.45. The predicted octanol–water partition coefficient (Wildman–Crippen LogP) is 4.70. The number of hydrogen-bond acceptors (Lipinski definition) is 5. The van der Waals surface area contributed by atoms with Crippen molar-refractivity contribution in [2.45, 2.75) is 47.1 Å². The Balaban J connectivity index is 1.67. The van der Waals surface area contributed by atoms with Gasteiger partial charge in [-0.2, -0.15) is 0 Å². The van der Waals surface area contributed by atoms with E-state index in [1.54, 1.807) is 0 Å². The molecule has 0 saturated carbocycles. The number of halogens is 1. The molecule has 0 spiro atoms. The number of rotatable bonds is 4. The van der Waals surface area contributed by atoms with E-state index in [9.17, 15) is 4.79 Å². The van der Waals surface area contributed by atoms with Crippen molar-refractivity contribution < 1.29 is 9.53 Å². The van der Waals surface area contributed by atoms with Gasteiger partial charge < -0.3 is 14.5 Å². The zero-order chi connectivity index (χ0) is 21.2. The lowest BCUT2D eigenvalue weighted by atomic mass is 9.91. The number of nitrogens with zero attached hydrogens (tertiary/aromatic N) is 4. The molecule has 1 aromatic carbocycles. The molecule has 1 amide bonds. The Morgan fingerprint density at radius 1 is 1.24 bits per heavy atom. The van der Waals surface area contributed by atoms with Crippen molar-refractivity contribution in [1.82, 2.24) is 14.9 Å². The fourth-order valence-corrected chi connectivity index (χ4v) is 3.57. The molecule has 0 radical (unpaired) electrons. The molecule has 2 heterocycles. The van der Waals surface area contributed by atoms with E-state index in [2.05, 4.69) is 42.6 Å². The standard InChI is InChI=1S/C22H29ClN4O2/c1-15-10-17(6-7-18(15)23)29-20-11-19(24-14-25-20)26-8-9-27(16(2)13-26)21(28)12-22(3,4)5/h6-7,10-11,14,16H,8-9,12-13H2,1-5H3. The van der Waals surface area contributed by atoms with E-state index >= 15 is 0 Å². The number of carbonyl (C=O) groups excluding carboxylic acids is 1. The van der Waals surface area contributed by atoms with Gasteiger partial charge in [0, 0.05) is 43.2 Å². The minimum absolute atomic E-state index is 0.00709. The van der Waals surface area contributed by atoms with Crippen LogP contribution in [0.3, 0.4) is 0 Å². The van der Waals surface area contributed by atoms with Gasteiger partial charge >= 0.3 is 0 Å². The van der Waals surface area contributed by atoms with Crippen LogP contribution in [-0.4, -0.2) is 46.5 Å². The molecular weight excluding hydrogens is 388 g/mol. The Labute approximate surface area is 177 Å². The highest BCUT2D eigenvalue weighted by Gasteiger charge is 2.30. The van der Waals surface area contributed by atoms with Gasteiger partial charge in [0.15, 0.2) is 0 Å². The highest BCUT2D eigenvalue weighted by molar-refractivity contribution is 6.31. The molecule has 6 nitrogen and oxygen atoms in total. The van der Waals surface area contributed by atoms with Crippen molar-refractivity contribution in [3.8, 4) is 11.6 Å². The molecule has 0 bridgehead atoms. The number of anilines is 1. The maximum atomic E-state index is 12.6. The third kappa shape index (κ3) is 5.60. The number of benzene rings is 1. The number of carbonyl (C=O) groups is 1. The summed E-state index contributed by atoms with van der Waals surface area (Å²) in [6.45, 7) is 12.4. The molecule has 0 N–H and O–H groups in total. The van der Waals surface area contributed by atoms with Crippen LogP contribution in [0.1, 0.15) is 39.7 Å². The van der Waals surface area contributed by atoms with Crippen molar-refractivity contribution >= 4 is 23.3 Å². The maximum Gasteiger partial charge on any atom is 0.224 e. The Morgan fingerprint density at radius 2 is 2.00 bits per heavy atom. The van der Waals surface area contributed by atoms with Crippen LogP contribution in [-0.2, 0) is 4.79 Å². The van der Waals surface area contributed by atoms with Gasteiger partial charge in [0.25, 0.3) is 0 Å². The van der Waals surface area contributed by atoms with Crippen molar-refractivity contribution in [3.05, 3.63) is 41.2 Å². The van der Waals surface area contributed by atoms with E-state index in [-0.39, 0.29) is 17.4 Å². The van der Waals surface area contributed by atoms with Gasteiger partial charge in [-0.1, -0.05) is 32.4 Å². The quantitative estimate of drug-likeness (QED) is 0.722. The zero-order valence-electron chi connectivity index (χ0n) is 17.8. The third-order valence-electron chi connectivity index (χ3n) is 4.93. The molecule has 1 aromatic heterocycles. The average Bonchev–Trinajstić information content (AvgIpc) is 2.63. The van der Waals surface area contributed by atoms with Crippen LogP contribution in [0.2, 0.25) is 5.02 Å². The number of aryl methyl sites for hydroxylation is 1. The van der Waals surface area contributed by atoms with Crippen molar-refractivity contribution in [1.29, 1.82) is 0 Å². The smallest absolute Gasteiger partial charge is 0.224 e. The SMILES string of the molecule is Cc1cc(Oc2cc(N3CCN(C(=O)CC(C)(C)C)C(C)C3)ncn2)ccc1Cl. The van der Waals surface area contributed by atoms with Gasteiger partial charge in [-0.05, 0) is 43.0 Å². The van der Waals surface area contributed by atoms with Gasteiger partial charge in [-0.25, -0.2) is 9.97 Å². The van der Waals surface area contributed by atoms with Gasteiger partial charge in [0.2, 0.25) is 11.8 Å². The molecule has 1 aliphatic heterocycles. The van der Waals surface area contributed by atoms with Gasteiger partial charge in [0.05, 0.1) is 0 Å². The van der Waals surface area contributed by atoms with Crippen LogP contribution >= 0.6 is 11.6 Å². The first-order valence-corrected chi connectivity index (χ1v) is 10.3. The summed E-state index contributed by atoms with van der Waals surface area (Å²) in [5.41, 5.74) is 0.940. The molecule has 156 valence electrons. The summed E-state index contributed by atoms with van der Waals surface area (Å²) in [4.78, 5) is 25.4. The second kappa shape index (κ2) is 8.57. The Hall–Kier alpha value is -2.34. The lowest BCUT2D eigenvalue weighted by Gasteiger charge is -2.41. The minimum Gasteiger partial charge on any atom is -0.439 e. The van der Waals surface area contributed by atoms with Crippen molar-refractivity contribution in [2.75, 3.05) is 24.5 Å². The molecule has 0 aliphatic carbocycles. The third-order valence-corrected chi connectivity index (χ3v) is 5.36. The Bertz CT molecular complexity index is 881. The largest absolute Gasteiger partial charge is 0.439 e. The molecule has 1 atom stereocenters. The van der Waals surface area contributed by atoms with E-state index in [4.69, 9.17) is 16.3 Å². The van der Waals surface area contributed by atoms with E-state index in [1.165, 1.54) is 6.33 Å². The average molecular weight is 417 g/mol. The van der Waals surface area contributed by atoms with Crippen molar-refractivity contribution in [2.24, 2.45) is 5.41 Å². The normalized spacial score (nSPS) is 17.4. The fraction of sp³-hybridized carbons (Fsp3) is 0.500. The number of amides is 1. The molecule has 7 heteroatoms. The van der Waals surface area contributed by atoms with Crippen LogP contribution in [0.25, 0.3) is 0 Å². The van der Waals surface area contributed by atoms with E-state index in [0.29, 0.717) is 29.6 Å². The Morgan fingerprint density at radius 3 is 2.66 bits per heavy atom. The molecule has 1 unspecified atom stereocenters. The second-order valence-electron chi connectivity index (χ2n) is 8.85. The molecule has 1 fully saturated rings. The molecular formula is C22H29ClN4O2. The van der Waals surface area contributed by atoms with Crippen LogP contribution in [0.4, 0.5) is 5.82 Å². The summed E-state index contributed by atoms with van der Waals surface area (Å²) >= 11 is 6.08. The number of ether oxygens (including phenoxy) is 1. The van der Waals surface area contributed by atoms with Crippen LogP contribution in [0.5, 0.6) is 11.6 Å². The van der Waals surface area contributed by atoms with E-state index in [0.717, 1.165) is 24.5 Å². The monoisotopic (exact) mass is 416 g/mol. The number of hydrogen-bond donors (Lipinski definition) is 0. The van der Waals surface area contributed by atoms with Crippen LogP contribution in [0, 0.1) is 12.3 Å². The predicted molar refractivity (Wildman–Crippen MR) is 116 cm³/mol. The van der Waals surface area contributed by atoms with E-state index in [1.807, 2.05) is 36.1 Å². The maximum absolute atomic E-state index is 12.6. The molecule has 29 heavy (non-hydrogen) atoms. The summed E-state index contributed by atoms with van der Waals surface area (Å²) in [5.74, 6) is 2.18. The summed E-state index contributed by atoms with van der Waals surface area (Å²) in [6, 6.07) is 7.47. The first-order chi connectivity index (χ1) is 13.6. The lowest BCUT2D eigenvalue weighted by Crippen LogP contribution is -2.54. The highest BCUT2D eigenvalue weighted by Crippen LogP contribution is 2.27. The zero-order valence-corrected chi connectivity index (χ0v) is 18.5. The van der Waals surface area contributed by atoms with Crippen LogP contribution < -0.4 is 9.64 Å². The highest BCUT2D eigenvalue weighted by atomic mass is 35.5. The Kier molecular flexibility index (Phi) is 6.32. The summed E-state index contributed by atoms with van der Waals surface area (Å²) in [5, 5.41) is 0.702.